The summed E-state index contributed by atoms with van der Waals surface area (Å²) in [7, 11) is 0. The van der Waals surface area contributed by atoms with Crippen molar-refractivity contribution in [1.29, 1.82) is 0 Å². The molecule has 3 N–H and O–H groups in total. The van der Waals surface area contributed by atoms with Crippen molar-refractivity contribution in [2.75, 3.05) is 13.2 Å². The van der Waals surface area contributed by atoms with E-state index in [0.29, 0.717) is 19.4 Å². The number of ether oxygens (including phenoxy) is 1. The number of aliphatic hydroxyl groups excluding tert-OH is 2. The predicted molar refractivity (Wildman–Crippen MR) is 315 cm³/mol. The van der Waals surface area contributed by atoms with Crippen LogP contribution in [-0.2, 0) is 14.3 Å². The lowest BCUT2D eigenvalue weighted by atomic mass is 10.0. The maximum atomic E-state index is 12.5. The molecule has 0 fully saturated rings. The quantitative estimate of drug-likeness (QED) is 0.0320. The minimum Gasteiger partial charge on any atom is -0.466 e. The molecule has 6 heteroatoms. The van der Waals surface area contributed by atoms with Gasteiger partial charge in [-0.25, -0.2) is 0 Å². The van der Waals surface area contributed by atoms with E-state index in [4.69, 9.17) is 4.74 Å². The first kappa shape index (κ1) is 69.8. The van der Waals surface area contributed by atoms with E-state index in [-0.39, 0.29) is 18.5 Å². The summed E-state index contributed by atoms with van der Waals surface area (Å²) in [6.45, 7) is 4.87. The second-order valence-electron chi connectivity index (χ2n) is 21.7. The average molecular weight is 1010 g/mol. The molecule has 0 saturated heterocycles. The van der Waals surface area contributed by atoms with Crippen molar-refractivity contribution in [3.8, 4) is 0 Å². The molecule has 0 heterocycles. The standard InChI is InChI=1S/C66H123NO5/c1-3-5-7-9-11-13-15-17-19-31-34-38-42-46-50-54-58-64(69)63(62-68)67-65(70)59-55-51-47-43-39-35-32-29-27-25-23-21-20-22-24-26-28-30-33-37-41-45-49-53-57-61-72-66(71)60-56-52-48-44-40-36-18-16-14-12-10-8-6-4-2/h10,12,16,18,21,23,54,58,63-64,68-69H,3-9,11,13-15,17,19-20,22,24-53,55-57,59-62H2,1-2H3,(H,67,70)/b12-10-,18-16-,23-21-,58-54+. The van der Waals surface area contributed by atoms with Crippen molar-refractivity contribution in [3.05, 3.63) is 48.6 Å². The molecule has 0 spiro atoms. The van der Waals surface area contributed by atoms with E-state index in [1.807, 2.05) is 6.08 Å². The number of carbonyl (C=O) groups excluding carboxylic acids is 2. The third kappa shape index (κ3) is 57.1. The Morgan fingerprint density at radius 3 is 1.11 bits per heavy atom. The van der Waals surface area contributed by atoms with Gasteiger partial charge in [0.15, 0.2) is 0 Å². The van der Waals surface area contributed by atoms with Gasteiger partial charge < -0.3 is 20.3 Å². The van der Waals surface area contributed by atoms with Crippen molar-refractivity contribution in [3.63, 3.8) is 0 Å². The van der Waals surface area contributed by atoms with Gasteiger partial charge in [0.2, 0.25) is 5.91 Å². The molecule has 0 radical (unpaired) electrons. The van der Waals surface area contributed by atoms with Gasteiger partial charge in [0.1, 0.15) is 0 Å². The fourth-order valence-electron chi connectivity index (χ4n) is 9.65. The number of amides is 1. The van der Waals surface area contributed by atoms with E-state index in [0.717, 1.165) is 51.4 Å². The van der Waals surface area contributed by atoms with Crippen molar-refractivity contribution in [2.45, 2.75) is 347 Å². The molecule has 72 heavy (non-hydrogen) atoms. The molecule has 1 amide bonds. The summed E-state index contributed by atoms with van der Waals surface area (Å²) >= 11 is 0. The van der Waals surface area contributed by atoms with Crippen molar-refractivity contribution >= 4 is 11.9 Å². The van der Waals surface area contributed by atoms with Crippen LogP contribution in [0.2, 0.25) is 0 Å². The highest BCUT2D eigenvalue weighted by molar-refractivity contribution is 5.76. The van der Waals surface area contributed by atoms with E-state index >= 15 is 0 Å². The van der Waals surface area contributed by atoms with Crippen LogP contribution in [0.4, 0.5) is 0 Å². The first-order chi connectivity index (χ1) is 35.5. The number of carbonyl (C=O) groups is 2. The van der Waals surface area contributed by atoms with E-state index in [9.17, 15) is 19.8 Å². The minimum absolute atomic E-state index is 0.00189. The first-order valence-electron chi connectivity index (χ1n) is 31.9. The van der Waals surface area contributed by atoms with Crippen LogP contribution in [0.3, 0.4) is 0 Å². The van der Waals surface area contributed by atoms with Crippen LogP contribution in [0.5, 0.6) is 0 Å². The highest BCUT2D eigenvalue weighted by atomic mass is 16.5. The first-order valence-corrected chi connectivity index (χ1v) is 31.9. The highest BCUT2D eigenvalue weighted by Gasteiger charge is 2.18. The average Bonchev–Trinajstić information content (AvgIpc) is 3.38. The molecule has 0 aromatic heterocycles. The van der Waals surface area contributed by atoms with Crippen LogP contribution >= 0.6 is 0 Å². The Morgan fingerprint density at radius 1 is 0.389 bits per heavy atom. The van der Waals surface area contributed by atoms with Gasteiger partial charge in [-0.05, 0) is 83.5 Å². The number of aliphatic hydroxyl groups is 2. The van der Waals surface area contributed by atoms with Crippen LogP contribution in [0, 0.1) is 0 Å². The van der Waals surface area contributed by atoms with E-state index in [1.165, 1.54) is 257 Å². The topological polar surface area (TPSA) is 95.9 Å². The molecular formula is C66H123NO5. The summed E-state index contributed by atoms with van der Waals surface area (Å²) in [5, 5.41) is 23.1. The Morgan fingerprint density at radius 2 is 0.708 bits per heavy atom. The maximum absolute atomic E-state index is 12.5. The number of unbranched alkanes of at least 4 members (excludes halogenated alkanes) is 42. The normalized spacial score (nSPS) is 12.9. The Balaban J connectivity index is 3.43. The third-order valence-electron chi connectivity index (χ3n) is 14.6. The molecule has 0 rings (SSSR count). The summed E-state index contributed by atoms with van der Waals surface area (Å²) in [6.07, 6.45) is 78.7. The zero-order chi connectivity index (χ0) is 52.2. The lowest BCUT2D eigenvalue weighted by Gasteiger charge is -2.20. The highest BCUT2D eigenvalue weighted by Crippen LogP contribution is 2.17. The van der Waals surface area contributed by atoms with Gasteiger partial charge in [-0.1, -0.05) is 287 Å². The Labute approximate surface area is 448 Å². The number of rotatable bonds is 59. The van der Waals surface area contributed by atoms with Gasteiger partial charge in [-0.15, -0.1) is 0 Å². The van der Waals surface area contributed by atoms with Gasteiger partial charge in [-0.3, -0.25) is 9.59 Å². The molecule has 0 saturated carbocycles. The summed E-state index contributed by atoms with van der Waals surface area (Å²) in [5.41, 5.74) is 0. The fourth-order valence-corrected chi connectivity index (χ4v) is 9.65. The number of nitrogens with one attached hydrogen (secondary N) is 1. The van der Waals surface area contributed by atoms with Gasteiger partial charge in [0.25, 0.3) is 0 Å². The number of hydrogen-bond donors (Lipinski definition) is 3. The number of hydrogen-bond acceptors (Lipinski definition) is 5. The predicted octanol–water partition coefficient (Wildman–Crippen LogP) is 20.1. The lowest BCUT2D eigenvalue weighted by molar-refractivity contribution is -0.143. The summed E-state index contributed by atoms with van der Waals surface area (Å²) < 4.78 is 5.47. The second-order valence-corrected chi connectivity index (χ2v) is 21.7. The molecule has 0 aromatic carbocycles. The van der Waals surface area contributed by atoms with Gasteiger partial charge in [0, 0.05) is 12.8 Å². The molecule has 2 atom stereocenters. The van der Waals surface area contributed by atoms with Crippen molar-refractivity contribution < 1.29 is 24.5 Å². The minimum atomic E-state index is -0.847. The molecule has 2 unspecified atom stereocenters. The molecule has 0 aliphatic rings. The fraction of sp³-hybridized carbons (Fsp3) is 0.848. The van der Waals surface area contributed by atoms with Gasteiger partial charge >= 0.3 is 5.97 Å². The number of allylic oxidation sites excluding steroid dienone is 7. The third-order valence-corrected chi connectivity index (χ3v) is 14.6. The van der Waals surface area contributed by atoms with Crippen LogP contribution in [0.25, 0.3) is 0 Å². The molecule has 422 valence electrons. The molecule has 0 bridgehead atoms. The molecule has 0 aliphatic carbocycles. The Hall–Kier alpha value is -2.18. The summed E-state index contributed by atoms with van der Waals surface area (Å²) in [5.74, 6) is -0.0719. The van der Waals surface area contributed by atoms with Crippen molar-refractivity contribution in [2.24, 2.45) is 0 Å². The summed E-state index contributed by atoms with van der Waals surface area (Å²) in [4.78, 5) is 24.5. The molecule has 6 nitrogen and oxygen atoms in total. The molecule has 0 aliphatic heterocycles. The lowest BCUT2D eigenvalue weighted by Crippen LogP contribution is -2.45. The van der Waals surface area contributed by atoms with Crippen LogP contribution < -0.4 is 5.32 Å². The van der Waals surface area contributed by atoms with Crippen LogP contribution in [0.1, 0.15) is 335 Å². The monoisotopic (exact) mass is 1010 g/mol. The van der Waals surface area contributed by atoms with E-state index in [2.05, 4.69) is 55.6 Å². The largest absolute Gasteiger partial charge is 0.466 e. The molecule has 0 aromatic rings. The summed E-state index contributed by atoms with van der Waals surface area (Å²) in [6, 6.07) is -0.631. The smallest absolute Gasteiger partial charge is 0.305 e. The second kappa shape index (κ2) is 61.4. The van der Waals surface area contributed by atoms with Gasteiger partial charge in [0.05, 0.1) is 25.4 Å². The van der Waals surface area contributed by atoms with Crippen molar-refractivity contribution in [1.82, 2.24) is 5.32 Å². The van der Waals surface area contributed by atoms with E-state index < -0.39 is 12.1 Å². The number of esters is 1. The zero-order valence-corrected chi connectivity index (χ0v) is 48.2. The maximum Gasteiger partial charge on any atom is 0.305 e. The SMILES string of the molecule is CCCC/C=C\C/C=C\CCCCCCCC(=O)OCCCCCCCCCCCCCC/C=C\CCCCCCCCCCCC(=O)NC(CO)C(O)/C=C/CCCCCCCCCCCCCCCC. The van der Waals surface area contributed by atoms with E-state index in [1.54, 1.807) is 6.08 Å². The van der Waals surface area contributed by atoms with Crippen LogP contribution in [0.15, 0.2) is 48.6 Å². The Kier molecular flexibility index (Phi) is 59.5. The molecular weight excluding hydrogens is 887 g/mol. The Bertz CT molecular complexity index is 1210. The van der Waals surface area contributed by atoms with Crippen LogP contribution in [-0.4, -0.2) is 47.4 Å². The van der Waals surface area contributed by atoms with Gasteiger partial charge in [-0.2, -0.15) is 0 Å². The zero-order valence-electron chi connectivity index (χ0n) is 48.2.